The van der Waals surface area contributed by atoms with Crippen molar-refractivity contribution in [3.05, 3.63) is 70.3 Å². The molecular weight excluding hydrogens is 465 g/mol. The van der Waals surface area contributed by atoms with Crippen molar-refractivity contribution in [2.75, 3.05) is 13.1 Å². The molecule has 0 amide bonds. The maximum atomic E-state index is 12.8. The molecule has 3 N–H and O–H groups in total. The number of sulfonamides is 1. The minimum atomic E-state index is -4.25. The van der Waals surface area contributed by atoms with Gasteiger partial charge in [0.25, 0.3) is 0 Å². The Hall–Kier alpha value is -2.43. The van der Waals surface area contributed by atoms with Crippen LogP contribution in [0.25, 0.3) is 0 Å². The van der Waals surface area contributed by atoms with Gasteiger partial charge in [0, 0.05) is 17.9 Å². The van der Waals surface area contributed by atoms with Gasteiger partial charge in [0.2, 0.25) is 10.0 Å². The van der Waals surface area contributed by atoms with Crippen molar-refractivity contribution in [1.29, 1.82) is 0 Å². The molecule has 3 rings (SSSR count). The van der Waals surface area contributed by atoms with Gasteiger partial charge in [0.1, 0.15) is 5.82 Å². The molecule has 1 aromatic heterocycles. The molecule has 34 heavy (non-hydrogen) atoms. The number of piperidine rings is 1. The molecule has 2 heterocycles. The maximum Gasteiger partial charge on any atom is 0.416 e. The summed E-state index contributed by atoms with van der Waals surface area (Å²) < 4.78 is 60.9. The van der Waals surface area contributed by atoms with Gasteiger partial charge < -0.3 is 4.98 Å². The first kappa shape index (κ1) is 27.8. The predicted octanol–water partition coefficient (Wildman–Crippen LogP) is 5.11. The SMILES string of the molecule is Cc1ccc(CN2CCCCC2)cc1C(F)(F)F.Cc1ccc(S(N)(=O)=O)cc(C)[nH]c(C)n1. The van der Waals surface area contributed by atoms with E-state index >= 15 is 0 Å². The number of primary sulfonamides is 1. The highest BCUT2D eigenvalue weighted by Gasteiger charge is 2.32. The zero-order valence-corrected chi connectivity index (χ0v) is 20.9. The molecule has 0 spiro atoms. The normalized spacial score (nSPS) is 14.7. The van der Waals surface area contributed by atoms with Gasteiger partial charge in [0.15, 0.2) is 0 Å². The van der Waals surface area contributed by atoms with E-state index in [0.717, 1.165) is 31.5 Å². The monoisotopic (exact) mass is 498 g/mol. The smallest absolute Gasteiger partial charge is 0.348 e. The lowest BCUT2D eigenvalue weighted by Gasteiger charge is -2.26. The molecule has 1 aliphatic heterocycles. The van der Waals surface area contributed by atoms with Crippen LogP contribution in [0.3, 0.4) is 0 Å². The number of hydrogen-bond acceptors (Lipinski definition) is 4. The lowest BCUT2D eigenvalue weighted by atomic mass is 10.0. The van der Waals surface area contributed by atoms with Crippen LogP contribution >= 0.6 is 0 Å². The number of halogens is 3. The number of nitrogens with two attached hydrogens (primary N) is 1. The van der Waals surface area contributed by atoms with Crippen molar-refractivity contribution in [3.8, 4) is 0 Å². The number of nitrogens with zero attached hydrogens (tertiary/aromatic N) is 2. The average Bonchev–Trinajstić information content (AvgIpc) is 2.78. The summed E-state index contributed by atoms with van der Waals surface area (Å²) in [5.74, 6) is 0.701. The van der Waals surface area contributed by atoms with Gasteiger partial charge in [-0.25, -0.2) is 18.5 Å². The van der Waals surface area contributed by atoms with Crippen LogP contribution in [0.4, 0.5) is 13.2 Å². The number of nitrogens with one attached hydrogen (secondary N) is 1. The summed E-state index contributed by atoms with van der Waals surface area (Å²) in [6.07, 6.45) is -0.712. The molecule has 1 aliphatic rings. The van der Waals surface area contributed by atoms with Crippen molar-refractivity contribution in [3.63, 3.8) is 0 Å². The Bertz CT molecular complexity index is 1140. The van der Waals surface area contributed by atoms with Gasteiger partial charge in [-0.3, -0.25) is 4.90 Å². The molecule has 0 radical (unpaired) electrons. The summed E-state index contributed by atoms with van der Waals surface area (Å²) >= 11 is 0. The van der Waals surface area contributed by atoms with Crippen molar-refractivity contribution < 1.29 is 21.6 Å². The second-order valence-electron chi connectivity index (χ2n) is 8.56. The number of aromatic nitrogens is 2. The predicted molar refractivity (Wildman–Crippen MR) is 127 cm³/mol. The second-order valence-corrected chi connectivity index (χ2v) is 10.1. The van der Waals surface area contributed by atoms with E-state index in [1.165, 1.54) is 31.5 Å². The Morgan fingerprint density at radius 2 is 1.65 bits per heavy atom. The van der Waals surface area contributed by atoms with Crippen molar-refractivity contribution in [2.45, 2.75) is 64.6 Å². The van der Waals surface area contributed by atoms with E-state index < -0.39 is 21.8 Å². The van der Waals surface area contributed by atoms with Gasteiger partial charge in [-0.2, -0.15) is 13.2 Å². The molecule has 0 unspecified atom stereocenters. The summed E-state index contributed by atoms with van der Waals surface area (Å²) in [5, 5.41) is 5.09. The first-order chi connectivity index (χ1) is 15.8. The fraction of sp³-hybridized carbons (Fsp3) is 0.458. The summed E-state index contributed by atoms with van der Waals surface area (Å²) in [6, 6.07) is 9.20. The quantitative estimate of drug-likeness (QED) is 0.615. The molecule has 0 atom stereocenters. The minimum absolute atomic E-state index is 0.0572. The van der Waals surface area contributed by atoms with E-state index in [1.807, 2.05) is 0 Å². The first-order valence-electron chi connectivity index (χ1n) is 11.1. The number of aryl methyl sites for hydroxylation is 4. The van der Waals surface area contributed by atoms with E-state index in [4.69, 9.17) is 5.14 Å². The van der Waals surface area contributed by atoms with E-state index in [0.29, 0.717) is 29.3 Å². The number of aromatic amines is 1. The number of H-pyrrole nitrogens is 1. The van der Waals surface area contributed by atoms with Crippen LogP contribution in [0, 0.1) is 27.7 Å². The molecule has 0 bridgehead atoms. The number of benzene rings is 1. The van der Waals surface area contributed by atoms with Crippen LogP contribution < -0.4 is 5.14 Å². The topological polar surface area (TPSA) is 92.1 Å². The molecule has 1 saturated heterocycles. The van der Waals surface area contributed by atoms with Gasteiger partial charge >= 0.3 is 6.18 Å². The van der Waals surface area contributed by atoms with Gasteiger partial charge in [-0.05, 0) is 89.0 Å². The number of likely N-dealkylation sites (tertiary alicyclic amines) is 1. The Kier molecular flexibility index (Phi) is 9.66. The third-order valence-corrected chi connectivity index (χ3v) is 6.27. The van der Waals surface area contributed by atoms with Crippen LogP contribution in [-0.4, -0.2) is 36.4 Å². The van der Waals surface area contributed by atoms with Gasteiger partial charge in [0.05, 0.1) is 10.5 Å². The van der Waals surface area contributed by atoms with E-state index in [-0.39, 0.29) is 4.90 Å². The van der Waals surface area contributed by atoms with Gasteiger partial charge in [-0.15, -0.1) is 0 Å². The number of rotatable bonds is 3. The highest BCUT2D eigenvalue weighted by atomic mass is 32.2. The van der Waals surface area contributed by atoms with E-state index in [9.17, 15) is 21.6 Å². The molecule has 188 valence electrons. The summed E-state index contributed by atoms with van der Waals surface area (Å²) in [7, 11) is -3.71. The van der Waals surface area contributed by atoms with Crippen molar-refractivity contribution >= 4 is 10.0 Å². The van der Waals surface area contributed by atoms with Crippen LogP contribution in [0.5, 0.6) is 0 Å². The molecule has 0 aliphatic carbocycles. The lowest BCUT2D eigenvalue weighted by molar-refractivity contribution is -0.138. The summed E-state index contributed by atoms with van der Waals surface area (Å²) in [4.78, 5) is 9.46. The van der Waals surface area contributed by atoms with Crippen molar-refractivity contribution in [2.24, 2.45) is 5.14 Å². The summed E-state index contributed by atoms with van der Waals surface area (Å²) in [6.45, 7) is 9.46. The average molecular weight is 499 g/mol. The van der Waals surface area contributed by atoms with Crippen molar-refractivity contribution in [1.82, 2.24) is 14.9 Å². The highest BCUT2D eigenvalue weighted by molar-refractivity contribution is 7.89. The van der Waals surface area contributed by atoms with Crippen LogP contribution in [0.1, 0.15) is 53.2 Å². The van der Waals surface area contributed by atoms with Gasteiger partial charge in [-0.1, -0.05) is 18.6 Å². The molecule has 1 aromatic carbocycles. The lowest BCUT2D eigenvalue weighted by Crippen LogP contribution is -2.29. The first-order valence-corrected chi connectivity index (χ1v) is 12.6. The minimum Gasteiger partial charge on any atom is -0.348 e. The van der Waals surface area contributed by atoms with E-state index in [1.54, 1.807) is 39.0 Å². The van der Waals surface area contributed by atoms with Crippen LogP contribution in [0.15, 0.2) is 41.3 Å². The molecule has 6 nitrogen and oxygen atoms in total. The Labute approximate surface area is 199 Å². The zero-order valence-electron chi connectivity index (χ0n) is 20.0. The molecule has 1 fully saturated rings. The molecule has 0 saturated carbocycles. The van der Waals surface area contributed by atoms with Crippen LogP contribution in [-0.2, 0) is 22.7 Å². The molecule has 2 aromatic rings. The third kappa shape index (κ3) is 9.08. The zero-order chi connectivity index (χ0) is 25.5. The fourth-order valence-corrected chi connectivity index (χ4v) is 4.34. The Morgan fingerprint density at radius 3 is 2.24 bits per heavy atom. The fourth-order valence-electron chi connectivity index (χ4n) is 3.74. The highest BCUT2D eigenvalue weighted by Crippen LogP contribution is 2.32. The number of hydrogen-bond donors (Lipinski definition) is 2. The number of alkyl halides is 3. The Balaban J connectivity index is 0.000000242. The van der Waals surface area contributed by atoms with E-state index in [2.05, 4.69) is 14.9 Å². The van der Waals surface area contributed by atoms with Crippen LogP contribution in [0.2, 0.25) is 0 Å². The molecular formula is C24H33F3N4O2S. The Morgan fingerprint density at radius 1 is 1.00 bits per heavy atom. The standard InChI is InChI=1S/C14H18F3N.C10H15N3O2S/c1-11-5-6-12(9-13(11)14(15,16)17)10-18-7-3-2-4-8-18;1-7-4-5-10(16(11,14)15)6-8(2)13-9(3)12-7/h5-6,9H,2-4,7-8,10H2,1H3;4-6H,1-3H3,(H,12,13)(H2,11,14,15). The maximum absolute atomic E-state index is 12.8. The second kappa shape index (κ2) is 11.8. The molecule has 10 heteroatoms. The third-order valence-electron chi connectivity index (χ3n) is 5.36. The largest absolute Gasteiger partial charge is 0.416 e. The summed E-state index contributed by atoms with van der Waals surface area (Å²) in [5.41, 5.74) is 1.93.